The summed E-state index contributed by atoms with van der Waals surface area (Å²) in [6.45, 7) is 2.94. The molecule has 0 aromatic heterocycles. The molecule has 4 rings (SSSR count). The topological polar surface area (TPSA) is 97.4 Å². The van der Waals surface area contributed by atoms with Crippen molar-refractivity contribution in [2.24, 2.45) is 0 Å². The summed E-state index contributed by atoms with van der Waals surface area (Å²) in [7, 11) is -1.12. The summed E-state index contributed by atoms with van der Waals surface area (Å²) >= 11 is 0. The van der Waals surface area contributed by atoms with E-state index in [0.717, 1.165) is 28.6 Å². The van der Waals surface area contributed by atoms with Crippen molar-refractivity contribution in [1.29, 1.82) is 0 Å². The van der Waals surface area contributed by atoms with E-state index in [9.17, 15) is 13.2 Å². The third-order valence-corrected chi connectivity index (χ3v) is 7.85. The zero-order chi connectivity index (χ0) is 26.3. The van der Waals surface area contributed by atoms with Gasteiger partial charge in [0.15, 0.2) is 0 Å². The van der Waals surface area contributed by atoms with Crippen LogP contribution in [0.2, 0.25) is 0 Å². The molecule has 0 saturated carbocycles. The molecular weight excluding hydrogens is 494 g/mol. The van der Waals surface area contributed by atoms with Gasteiger partial charge in [0.25, 0.3) is 10.0 Å². The van der Waals surface area contributed by atoms with E-state index in [1.54, 1.807) is 36.4 Å². The molecule has 0 spiro atoms. The van der Waals surface area contributed by atoms with Crippen LogP contribution in [0, 0.1) is 0 Å². The Morgan fingerprint density at radius 3 is 2.32 bits per heavy atom. The van der Waals surface area contributed by atoms with E-state index < -0.39 is 22.5 Å². The van der Waals surface area contributed by atoms with E-state index in [1.165, 1.54) is 26.4 Å². The van der Waals surface area contributed by atoms with Gasteiger partial charge in [-0.15, -0.1) is 0 Å². The molecule has 1 fully saturated rings. The maximum absolute atomic E-state index is 13.6. The molecule has 9 nitrogen and oxygen atoms in total. The van der Waals surface area contributed by atoms with Gasteiger partial charge in [0.05, 0.1) is 38.0 Å². The number of nitrogens with one attached hydrogen (secondary N) is 1. The zero-order valence-electron chi connectivity index (χ0n) is 20.9. The van der Waals surface area contributed by atoms with Gasteiger partial charge in [0, 0.05) is 31.4 Å². The second-order valence-electron chi connectivity index (χ2n) is 8.41. The van der Waals surface area contributed by atoms with Gasteiger partial charge in [-0.3, -0.25) is 9.10 Å². The van der Waals surface area contributed by atoms with Crippen molar-refractivity contribution in [3.05, 3.63) is 78.4 Å². The van der Waals surface area contributed by atoms with Crippen LogP contribution in [0.1, 0.15) is 5.56 Å². The summed E-state index contributed by atoms with van der Waals surface area (Å²) in [5.41, 5.74) is 2.24. The molecule has 0 aliphatic carbocycles. The number of ether oxygens (including phenoxy) is 3. The Bertz CT molecular complexity index is 1290. The molecule has 1 amide bonds. The van der Waals surface area contributed by atoms with Gasteiger partial charge < -0.3 is 24.4 Å². The molecular formula is C27H31N3O6S. The molecule has 1 aliphatic rings. The van der Waals surface area contributed by atoms with E-state index in [-0.39, 0.29) is 22.9 Å². The van der Waals surface area contributed by atoms with Crippen LogP contribution in [-0.4, -0.2) is 61.4 Å². The molecule has 3 aromatic carbocycles. The van der Waals surface area contributed by atoms with Crippen molar-refractivity contribution < 1.29 is 27.4 Å². The molecule has 196 valence electrons. The summed E-state index contributed by atoms with van der Waals surface area (Å²) in [6, 6.07) is 20.7. The summed E-state index contributed by atoms with van der Waals surface area (Å²) in [5.74, 6) is 0.322. The van der Waals surface area contributed by atoms with Gasteiger partial charge in [-0.05, 0) is 42.0 Å². The summed E-state index contributed by atoms with van der Waals surface area (Å²) < 4.78 is 44.3. The highest BCUT2D eigenvalue weighted by Crippen LogP contribution is 2.35. The number of anilines is 2. The average Bonchev–Trinajstić information content (AvgIpc) is 2.95. The maximum Gasteiger partial charge on any atom is 0.264 e. The lowest BCUT2D eigenvalue weighted by atomic mass is 10.2. The van der Waals surface area contributed by atoms with Crippen LogP contribution in [0.15, 0.2) is 77.7 Å². The standard InChI is InChI=1S/C27H31N3O6S/c1-34-23-12-13-25(26(18-23)35-2)30(37(32,33)24-6-4-3-5-7-24)20-27(31)28-19-21-8-10-22(11-9-21)29-14-16-36-17-15-29/h3-13,18H,14-17,19-20H2,1-2H3,(H,28,31). The largest absolute Gasteiger partial charge is 0.497 e. The van der Waals surface area contributed by atoms with Gasteiger partial charge in [-0.1, -0.05) is 30.3 Å². The van der Waals surface area contributed by atoms with Crippen molar-refractivity contribution in [3.63, 3.8) is 0 Å². The van der Waals surface area contributed by atoms with Crippen molar-refractivity contribution in [2.45, 2.75) is 11.4 Å². The Labute approximate surface area is 217 Å². The van der Waals surface area contributed by atoms with Crippen LogP contribution in [0.4, 0.5) is 11.4 Å². The molecule has 1 heterocycles. The minimum atomic E-state index is -4.07. The Morgan fingerprint density at radius 2 is 1.68 bits per heavy atom. The van der Waals surface area contributed by atoms with Gasteiger partial charge >= 0.3 is 0 Å². The number of methoxy groups -OCH3 is 2. The van der Waals surface area contributed by atoms with Crippen molar-refractivity contribution in [2.75, 3.05) is 56.3 Å². The second-order valence-corrected chi connectivity index (χ2v) is 10.3. The Kier molecular flexibility index (Phi) is 8.52. The van der Waals surface area contributed by atoms with E-state index >= 15 is 0 Å². The van der Waals surface area contributed by atoms with Crippen LogP contribution in [0.25, 0.3) is 0 Å². The minimum Gasteiger partial charge on any atom is -0.497 e. The van der Waals surface area contributed by atoms with Crippen LogP contribution >= 0.6 is 0 Å². The number of amides is 1. The number of nitrogens with zero attached hydrogens (tertiary/aromatic N) is 2. The lowest BCUT2D eigenvalue weighted by Gasteiger charge is -2.29. The number of hydrogen-bond acceptors (Lipinski definition) is 7. The van der Waals surface area contributed by atoms with Gasteiger partial charge in [-0.2, -0.15) is 0 Å². The molecule has 0 atom stereocenters. The average molecular weight is 526 g/mol. The Balaban J connectivity index is 1.52. The van der Waals surface area contributed by atoms with Crippen LogP contribution in [0.3, 0.4) is 0 Å². The predicted molar refractivity (Wildman–Crippen MR) is 142 cm³/mol. The van der Waals surface area contributed by atoms with Crippen molar-refractivity contribution in [3.8, 4) is 11.5 Å². The zero-order valence-corrected chi connectivity index (χ0v) is 21.7. The molecule has 37 heavy (non-hydrogen) atoms. The van der Waals surface area contributed by atoms with E-state index in [4.69, 9.17) is 14.2 Å². The molecule has 3 aromatic rings. The smallest absolute Gasteiger partial charge is 0.264 e. The first-order valence-electron chi connectivity index (χ1n) is 11.9. The Morgan fingerprint density at radius 1 is 0.973 bits per heavy atom. The normalized spacial score (nSPS) is 13.6. The van der Waals surface area contributed by atoms with Crippen LogP contribution < -0.4 is 24.0 Å². The fourth-order valence-electron chi connectivity index (χ4n) is 4.04. The fourth-order valence-corrected chi connectivity index (χ4v) is 5.50. The SMILES string of the molecule is COc1ccc(N(CC(=O)NCc2ccc(N3CCOCC3)cc2)S(=O)(=O)c2ccccc2)c(OC)c1. The third-order valence-electron chi connectivity index (χ3n) is 6.08. The summed E-state index contributed by atoms with van der Waals surface area (Å²) in [6.07, 6.45) is 0. The Hall–Kier alpha value is -3.76. The quantitative estimate of drug-likeness (QED) is 0.435. The molecule has 0 unspecified atom stereocenters. The van der Waals surface area contributed by atoms with Crippen LogP contribution in [-0.2, 0) is 26.1 Å². The number of hydrogen-bond donors (Lipinski definition) is 1. The number of carbonyl (C=O) groups is 1. The summed E-state index contributed by atoms with van der Waals surface area (Å²) in [5, 5.41) is 2.84. The van der Waals surface area contributed by atoms with Crippen molar-refractivity contribution in [1.82, 2.24) is 5.32 Å². The van der Waals surface area contributed by atoms with Crippen molar-refractivity contribution >= 4 is 27.3 Å². The third kappa shape index (κ3) is 6.33. The molecule has 1 saturated heterocycles. The number of sulfonamides is 1. The monoisotopic (exact) mass is 525 g/mol. The summed E-state index contributed by atoms with van der Waals surface area (Å²) in [4.78, 5) is 15.3. The fraction of sp³-hybridized carbons (Fsp3) is 0.296. The minimum absolute atomic E-state index is 0.0689. The lowest BCUT2D eigenvalue weighted by molar-refractivity contribution is -0.119. The van der Waals surface area contributed by atoms with E-state index in [0.29, 0.717) is 19.0 Å². The number of morpholine rings is 1. The highest BCUT2D eigenvalue weighted by Gasteiger charge is 2.29. The highest BCUT2D eigenvalue weighted by atomic mass is 32.2. The highest BCUT2D eigenvalue weighted by molar-refractivity contribution is 7.92. The molecule has 0 bridgehead atoms. The first-order chi connectivity index (χ1) is 17.9. The second kappa shape index (κ2) is 12.0. The number of benzene rings is 3. The van der Waals surface area contributed by atoms with Crippen LogP contribution in [0.5, 0.6) is 11.5 Å². The molecule has 0 radical (unpaired) electrons. The van der Waals surface area contributed by atoms with E-state index in [1.807, 2.05) is 24.3 Å². The molecule has 1 N–H and O–H groups in total. The number of rotatable bonds is 10. The van der Waals surface area contributed by atoms with Gasteiger partial charge in [0.1, 0.15) is 18.0 Å². The first-order valence-corrected chi connectivity index (χ1v) is 13.3. The molecule has 1 aliphatic heterocycles. The lowest BCUT2D eigenvalue weighted by Crippen LogP contribution is -2.40. The van der Waals surface area contributed by atoms with Gasteiger partial charge in [-0.25, -0.2) is 8.42 Å². The first kappa shape index (κ1) is 26.3. The number of carbonyl (C=O) groups excluding carboxylic acids is 1. The molecule has 10 heteroatoms. The predicted octanol–water partition coefficient (Wildman–Crippen LogP) is 3.05. The van der Waals surface area contributed by atoms with E-state index in [2.05, 4.69) is 10.2 Å². The maximum atomic E-state index is 13.6. The van der Waals surface area contributed by atoms with Gasteiger partial charge in [0.2, 0.25) is 5.91 Å².